The van der Waals surface area contributed by atoms with Crippen molar-refractivity contribution in [3.05, 3.63) is 71.2 Å². The fourth-order valence-corrected chi connectivity index (χ4v) is 3.76. The summed E-state index contributed by atoms with van der Waals surface area (Å²) in [6.07, 6.45) is 0.536. The van der Waals surface area contributed by atoms with Crippen LogP contribution in [0, 0.1) is 5.82 Å². The third-order valence-electron chi connectivity index (χ3n) is 5.39. The molecule has 6 nitrogen and oxygen atoms in total. The maximum Gasteiger partial charge on any atom is 0.277 e. The molecule has 2 amide bonds. The number of nitrogens with zero attached hydrogens (tertiary/aromatic N) is 2. The quantitative estimate of drug-likeness (QED) is 0.685. The van der Waals surface area contributed by atoms with E-state index < -0.39 is 0 Å². The van der Waals surface area contributed by atoms with E-state index in [0.717, 1.165) is 11.3 Å². The first-order chi connectivity index (χ1) is 14.6. The molecule has 0 N–H and O–H groups in total. The second kappa shape index (κ2) is 8.67. The highest BCUT2D eigenvalue weighted by Crippen LogP contribution is 2.32. The highest BCUT2D eigenvalue weighted by molar-refractivity contribution is 6.35. The van der Waals surface area contributed by atoms with Gasteiger partial charge in [0.1, 0.15) is 17.3 Å². The molecule has 0 atom stereocenters. The maximum absolute atomic E-state index is 13.4. The Morgan fingerprint density at radius 1 is 0.967 bits per heavy atom. The summed E-state index contributed by atoms with van der Waals surface area (Å²) in [6, 6.07) is 13.2. The number of halogens is 1. The Morgan fingerprint density at radius 2 is 1.63 bits per heavy atom. The summed E-state index contributed by atoms with van der Waals surface area (Å²) >= 11 is 0. The fourth-order valence-electron chi connectivity index (χ4n) is 3.76. The maximum atomic E-state index is 13.4. The first-order valence-corrected chi connectivity index (χ1v) is 9.90. The zero-order valence-corrected chi connectivity index (χ0v) is 16.8. The summed E-state index contributed by atoms with van der Waals surface area (Å²) in [6.45, 7) is 2.32. The minimum absolute atomic E-state index is 0.266. The molecule has 0 aromatic heterocycles. The van der Waals surface area contributed by atoms with Gasteiger partial charge < -0.3 is 14.4 Å². The average Bonchev–Trinajstić information content (AvgIpc) is 3.03. The van der Waals surface area contributed by atoms with Crippen LogP contribution < -0.4 is 4.74 Å². The predicted molar refractivity (Wildman–Crippen MR) is 109 cm³/mol. The van der Waals surface area contributed by atoms with Crippen LogP contribution >= 0.6 is 0 Å². The zero-order valence-electron chi connectivity index (χ0n) is 16.8. The number of hydrogen-bond donors (Lipinski definition) is 0. The van der Waals surface area contributed by atoms with E-state index in [1.165, 1.54) is 17.0 Å². The molecule has 2 aliphatic rings. The van der Waals surface area contributed by atoms with E-state index in [0.29, 0.717) is 49.6 Å². The van der Waals surface area contributed by atoms with Crippen molar-refractivity contribution in [3.8, 4) is 5.75 Å². The van der Waals surface area contributed by atoms with Gasteiger partial charge >= 0.3 is 0 Å². The largest absolute Gasteiger partial charge is 0.497 e. The Balaban J connectivity index is 1.60. The van der Waals surface area contributed by atoms with Gasteiger partial charge in [-0.2, -0.15) is 0 Å². The lowest BCUT2D eigenvalue weighted by molar-refractivity contribution is -0.137. The van der Waals surface area contributed by atoms with Crippen LogP contribution in [-0.2, 0) is 20.7 Å². The standard InChI is InChI=1S/C23H23FN2O4/c1-29-19-8-2-16(3-9-19)10-11-26-22(27)20(17-4-6-18(24)7-5-17)21(23(26)28)25-12-14-30-15-13-25/h2-9H,10-15H2,1H3. The van der Waals surface area contributed by atoms with Crippen LogP contribution in [0.3, 0.4) is 0 Å². The van der Waals surface area contributed by atoms with Crippen molar-refractivity contribution in [1.82, 2.24) is 9.80 Å². The Labute approximate surface area is 174 Å². The van der Waals surface area contributed by atoms with Crippen LogP contribution in [0.1, 0.15) is 11.1 Å². The number of rotatable bonds is 6. The van der Waals surface area contributed by atoms with Crippen molar-refractivity contribution in [2.75, 3.05) is 40.0 Å². The van der Waals surface area contributed by atoms with Gasteiger partial charge in [0.05, 0.1) is 25.9 Å². The van der Waals surface area contributed by atoms with Crippen LogP contribution in [0.15, 0.2) is 54.2 Å². The van der Waals surface area contributed by atoms with Gasteiger partial charge in [0.15, 0.2) is 0 Å². The molecule has 0 radical (unpaired) electrons. The van der Waals surface area contributed by atoms with E-state index in [1.807, 2.05) is 29.2 Å². The Kier molecular flexibility index (Phi) is 5.81. The molecule has 0 bridgehead atoms. The van der Waals surface area contributed by atoms with E-state index in [1.54, 1.807) is 19.2 Å². The molecule has 7 heteroatoms. The Morgan fingerprint density at radius 3 is 2.27 bits per heavy atom. The van der Waals surface area contributed by atoms with Gasteiger partial charge in [0.2, 0.25) is 0 Å². The zero-order chi connectivity index (χ0) is 21.1. The lowest BCUT2D eigenvalue weighted by atomic mass is 10.0. The van der Waals surface area contributed by atoms with Crippen LogP contribution in [0.25, 0.3) is 5.57 Å². The SMILES string of the molecule is COc1ccc(CCN2C(=O)C(c3ccc(F)cc3)=C(N3CCOCC3)C2=O)cc1. The van der Waals surface area contributed by atoms with Crippen LogP contribution in [-0.4, -0.2) is 61.6 Å². The molecule has 1 fully saturated rings. The second-order valence-corrected chi connectivity index (χ2v) is 7.19. The van der Waals surface area contributed by atoms with Crippen molar-refractivity contribution in [1.29, 1.82) is 0 Å². The fraction of sp³-hybridized carbons (Fsp3) is 0.304. The lowest BCUT2D eigenvalue weighted by Crippen LogP contribution is -2.40. The first kappa shape index (κ1) is 20.1. The summed E-state index contributed by atoms with van der Waals surface area (Å²) in [7, 11) is 1.60. The number of amides is 2. The molecule has 1 saturated heterocycles. The minimum Gasteiger partial charge on any atom is -0.497 e. The van der Waals surface area contributed by atoms with E-state index >= 15 is 0 Å². The number of carbonyl (C=O) groups excluding carboxylic acids is 2. The van der Waals surface area contributed by atoms with Gasteiger partial charge in [-0.3, -0.25) is 14.5 Å². The van der Waals surface area contributed by atoms with Gasteiger partial charge in [-0.05, 0) is 41.8 Å². The van der Waals surface area contributed by atoms with Gasteiger partial charge in [0.25, 0.3) is 11.8 Å². The van der Waals surface area contributed by atoms with Gasteiger partial charge in [-0.1, -0.05) is 24.3 Å². The highest BCUT2D eigenvalue weighted by atomic mass is 19.1. The lowest BCUT2D eigenvalue weighted by Gasteiger charge is -2.29. The third-order valence-corrected chi connectivity index (χ3v) is 5.39. The van der Waals surface area contributed by atoms with Crippen molar-refractivity contribution in [2.24, 2.45) is 0 Å². The molecular weight excluding hydrogens is 387 g/mol. The molecule has 2 heterocycles. The molecule has 2 aromatic carbocycles. The Bertz CT molecular complexity index is 964. The summed E-state index contributed by atoms with van der Waals surface area (Å²) in [5.74, 6) is -0.293. The van der Waals surface area contributed by atoms with Crippen molar-refractivity contribution >= 4 is 17.4 Å². The van der Waals surface area contributed by atoms with Crippen LogP contribution in [0.2, 0.25) is 0 Å². The molecule has 0 aliphatic carbocycles. The molecule has 0 spiro atoms. The van der Waals surface area contributed by atoms with Crippen molar-refractivity contribution in [2.45, 2.75) is 6.42 Å². The van der Waals surface area contributed by atoms with Gasteiger partial charge in [0, 0.05) is 19.6 Å². The molecule has 0 saturated carbocycles. The van der Waals surface area contributed by atoms with E-state index in [4.69, 9.17) is 9.47 Å². The number of carbonyl (C=O) groups is 2. The number of ether oxygens (including phenoxy) is 2. The minimum atomic E-state index is -0.389. The predicted octanol–water partition coefficient (Wildman–Crippen LogP) is 2.49. The number of morpholine rings is 1. The normalized spacial score (nSPS) is 17.1. The molecule has 4 rings (SSSR count). The van der Waals surface area contributed by atoms with E-state index in [-0.39, 0.29) is 24.2 Å². The Hall–Kier alpha value is -3.19. The molecule has 30 heavy (non-hydrogen) atoms. The number of methoxy groups -OCH3 is 1. The van der Waals surface area contributed by atoms with Crippen molar-refractivity contribution in [3.63, 3.8) is 0 Å². The van der Waals surface area contributed by atoms with Crippen LogP contribution in [0.4, 0.5) is 4.39 Å². The smallest absolute Gasteiger partial charge is 0.277 e. The van der Waals surface area contributed by atoms with Crippen LogP contribution in [0.5, 0.6) is 5.75 Å². The monoisotopic (exact) mass is 410 g/mol. The molecule has 2 aromatic rings. The van der Waals surface area contributed by atoms with E-state index in [9.17, 15) is 14.0 Å². The summed E-state index contributed by atoms with van der Waals surface area (Å²) in [5.41, 5.74) is 2.25. The topological polar surface area (TPSA) is 59.1 Å². The molecule has 156 valence electrons. The summed E-state index contributed by atoms with van der Waals surface area (Å²) < 4.78 is 24.0. The second-order valence-electron chi connectivity index (χ2n) is 7.19. The molecule has 0 unspecified atom stereocenters. The first-order valence-electron chi connectivity index (χ1n) is 9.90. The number of benzene rings is 2. The molecular formula is C23H23FN2O4. The number of imide groups is 1. The van der Waals surface area contributed by atoms with Gasteiger partial charge in [-0.15, -0.1) is 0 Å². The summed E-state index contributed by atoms with van der Waals surface area (Å²) in [4.78, 5) is 29.7. The van der Waals surface area contributed by atoms with Crippen molar-refractivity contribution < 1.29 is 23.5 Å². The average molecular weight is 410 g/mol. The number of hydrogen-bond acceptors (Lipinski definition) is 5. The summed E-state index contributed by atoms with van der Waals surface area (Å²) in [5, 5.41) is 0. The molecule has 2 aliphatic heterocycles. The third kappa shape index (κ3) is 3.93. The van der Waals surface area contributed by atoms with E-state index in [2.05, 4.69) is 0 Å². The van der Waals surface area contributed by atoms with Gasteiger partial charge in [-0.25, -0.2) is 4.39 Å². The highest BCUT2D eigenvalue weighted by Gasteiger charge is 2.41.